The number of phenols is 1. The van der Waals surface area contributed by atoms with Gasteiger partial charge in [-0.3, -0.25) is 33.9 Å². The lowest BCUT2D eigenvalue weighted by Crippen LogP contribution is -2.45. The molecule has 0 unspecified atom stereocenters. The van der Waals surface area contributed by atoms with Crippen molar-refractivity contribution in [1.82, 2.24) is 44.4 Å². The number of nitrogen functional groups attached to an aromatic ring is 1. The highest BCUT2D eigenvalue weighted by Gasteiger charge is 2.49. The van der Waals surface area contributed by atoms with Gasteiger partial charge in [0.15, 0.2) is 11.5 Å². The Morgan fingerprint density at radius 1 is 0.372 bits per heavy atom. The number of halogens is 3. The summed E-state index contributed by atoms with van der Waals surface area (Å²) in [5.74, 6) is 0.310. The molecule has 622 valence electrons. The van der Waals surface area contributed by atoms with Gasteiger partial charge in [-0.1, -0.05) is 140 Å². The van der Waals surface area contributed by atoms with Crippen LogP contribution in [0, 0.1) is 13.8 Å². The Labute approximate surface area is 699 Å². The van der Waals surface area contributed by atoms with E-state index in [1.807, 2.05) is 100 Å². The molecule has 13 heterocycles. The molecule has 5 fully saturated rings. The predicted molar refractivity (Wildman–Crippen MR) is 444 cm³/mol. The number of phenolic OH excluding ortho intramolecular Hbond substituents is 1. The summed E-state index contributed by atoms with van der Waals surface area (Å²) < 4.78 is 74.0. The fraction of sp³-hybridized carbons (Fsp3) is 0.344. The third-order valence-corrected chi connectivity index (χ3v) is 25.7. The molecule has 3 N–H and O–H groups in total. The number of likely N-dealkylation sites (tertiary alicyclic amines) is 5. The van der Waals surface area contributed by atoms with E-state index >= 15 is 0 Å². The van der Waals surface area contributed by atoms with Crippen molar-refractivity contribution in [2.24, 2.45) is 0 Å². The Morgan fingerprint density at radius 3 is 1.07 bits per heavy atom. The maximum atomic E-state index is 12.9. The van der Waals surface area contributed by atoms with Gasteiger partial charge in [0, 0.05) is 101 Å². The molecule has 5 spiro atoms. The number of oxazole rings is 1. The topological polar surface area (TPSA) is 259 Å². The molecule has 0 aliphatic carbocycles. The molecule has 10 aliphatic rings. The van der Waals surface area contributed by atoms with Crippen LogP contribution in [0.4, 0.5) is 18.9 Å². The van der Waals surface area contributed by atoms with Crippen molar-refractivity contribution in [2.75, 3.05) is 71.2 Å². The fourth-order valence-corrected chi connectivity index (χ4v) is 18.9. The molecule has 11 aromatic rings. The summed E-state index contributed by atoms with van der Waals surface area (Å²) in [5, 5.41) is 9.71. The highest BCUT2D eigenvalue weighted by molar-refractivity contribution is 5.98. The first-order valence-corrected chi connectivity index (χ1v) is 41.5. The molecular formula is C96H95F3N10O12. The molecule has 25 heteroatoms. The first-order valence-electron chi connectivity index (χ1n) is 41.5. The van der Waals surface area contributed by atoms with Crippen LogP contribution >= 0.6 is 0 Å². The lowest BCUT2D eigenvalue weighted by atomic mass is 9.83. The number of pyridine rings is 1. The molecule has 5 saturated heterocycles. The van der Waals surface area contributed by atoms with Gasteiger partial charge >= 0.3 is 6.18 Å². The van der Waals surface area contributed by atoms with Crippen molar-refractivity contribution in [1.29, 1.82) is 0 Å². The summed E-state index contributed by atoms with van der Waals surface area (Å²) in [6.45, 7) is 13.5. The maximum Gasteiger partial charge on any atom is 0.433 e. The number of hydrogen-bond donors (Lipinski definition) is 2. The molecule has 0 atom stereocenters. The van der Waals surface area contributed by atoms with Crippen LogP contribution in [0.5, 0.6) is 5.75 Å². The van der Waals surface area contributed by atoms with Gasteiger partial charge in [-0.15, -0.1) is 0 Å². The van der Waals surface area contributed by atoms with E-state index < -0.39 is 11.9 Å². The molecule has 121 heavy (non-hydrogen) atoms. The second-order valence-electron chi connectivity index (χ2n) is 32.7. The number of fused-ring (bicyclic) bond motifs is 11. The van der Waals surface area contributed by atoms with Gasteiger partial charge in [-0.05, 0) is 187 Å². The number of benzene rings is 8. The largest absolute Gasteiger partial charge is 0.506 e. The van der Waals surface area contributed by atoms with Crippen molar-refractivity contribution < 1.29 is 70.4 Å². The number of aromatic nitrogens is 4. The molecule has 10 aliphatic heterocycles. The molecule has 21 rings (SSSR count). The summed E-state index contributed by atoms with van der Waals surface area (Å²) in [5.41, 5.74) is 21.0. The molecule has 22 nitrogen and oxygen atoms in total. The zero-order valence-corrected chi connectivity index (χ0v) is 67.6. The second-order valence-corrected chi connectivity index (χ2v) is 32.7. The van der Waals surface area contributed by atoms with E-state index in [4.69, 9.17) is 33.8 Å². The lowest BCUT2D eigenvalue weighted by molar-refractivity contribution is -0.141. The van der Waals surface area contributed by atoms with Crippen molar-refractivity contribution >= 4 is 46.3 Å². The molecule has 3 aromatic heterocycles. The average Bonchev–Trinajstić information content (AvgIpc) is 1.72. The number of piperidine rings is 5. The predicted octanol–water partition coefficient (Wildman–Crippen LogP) is 16.0. The number of ether oxygens (including phenoxy) is 5. The van der Waals surface area contributed by atoms with E-state index in [0.29, 0.717) is 127 Å². The Balaban J connectivity index is 0.000000108. The minimum atomic E-state index is -4.51. The molecule has 5 amide bonds. The number of anilines is 1. The first kappa shape index (κ1) is 81.4. The number of hydrogen-bond acceptors (Lipinski definition) is 17. The number of aromatic hydroxyl groups is 1. The van der Waals surface area contributed by atoms with Crippen LogP contribution in [0.3, 0.4) is 0 Å². The van der Waals surface area contributed by atoms with Gasteiger partial charge in [0.25, 0.3) is 29.5 Å². The van der Waals surface area contributed by atoms with E-state index in [2.05, 4.69) is 117 Å². The minimum absolute atomic E-state index is 0.0429. The summed E-state index contributed by atoms with van der Waals surface area (Å²) in [6, 6.07) is 63.4. The average molecular weight is 1640 g/mol. The normalized spacial score (nSPS) is 18.8. The number of alkyl halides is 3. The van der Waals surface area contributed by atoms with Crippen LogP contribution in [-0.2, 0) is 90.9 Å². The number of rotatable bonds is 5. The number of amides is 5. The Hall–Kier alpha value is -12.0. The van der Waals surface area contributed by atoms with Crippen LogP contribution in [-0.4, -0.2) is 145 Å². The van der Waals surface area contributed by atoms with Crippen LogP contribution in [0.25, 0.3) is 11.1 Å². The summed E-state index contributed by atoms with van der Waals surface area (Å²) >= 11 is 0. The molecule has 0 bridgehead atoms. The van der Waals surface area contributed by atoms with E-state index in [1.165, 1.54) is 67.8 Å². The van der Waals surface area contributed by atoms with Crippen molar-refractivity contribution in [3.63, 3.8) is 0 Å². The zero-order valence-electron chi connectivity index (χ0n) is 67.6. The van der Waals surface area contributed by atoms with Gasteiger partial charge in [0.1, 0.15) is 22.7 Å². The maximum absolute atomic E-state index is 12.9. The van der Waals surface area contributed by atoms with Gasteiger partial charge in [0.05, 0.1) is 84.2 Å². The fourth-order valence-electron chi connectivity index (χ4n) is 18.9. The molecular weight excluding hydrogens is 1540 g/mol. The highest BCUT2D eigenvalue weighted by Crippen LogP contribution is 2.50. The number of aryl methyl sites for hydroxylation is 2. The van der Waals surface area contributed by atoms with Gasteiger partial charge in [-0.25, -0.2) is 9.97 Å². The number of nitrogens with zero attached hydrogens (tertiary/aromatic N) is 9. The van der Waals surface area contributed by atoms with Crippen LogP contribution < -0.4 is 5.73 Å². The Bertz CT molecular complexity index is 5650. The zero-order chi connectivity index (χ0) is 83.7. The number of carbonyl (C=O) groups is 5. The third kappa shape index (κ3) is 16.5. The molecule has 8 aromatic carbocycles. The SMILES string of the molecule is Cc1cnc(C(=O)N2CCC3(CC2)OCc2ccccc23)cn1.Cc1nc2ccc(C(=O)N3CCC4(CC3)OCc3ccccc34)cc2o1.Nc1ccc(C(=O)N2CCC3(CC2)OCc2ccccc23)cc1O.O=C(c1ccc(C(F)(F)F)nc1)N1CCC2(CC1)OCc1ccccc12.O=C(c1ccccc1)N1CCC2(CC1)OCc1ccccc12. The Morgan fingerprint density at radius 2 is 0.711 bits per heavy atom. The minimum Gasteiger partial charge on any atom is -0.506 e. The highest BCUT2D eigenvalue weighted by atomic mass is 19.4. The van der Waals surface area contributed by atoms with Gasteiger partial charge < -0.3 is 63.4 Å². The monoisotopic (exact) mass is 1640 g/mol. The third-order valence-electron chi connectivity index (χ3n) is 25.7. The van der Waals surface area contributed by atoms with E-state index in [-0.39, 0.29) is 74.5 Å². The van der Waals surface area contributed by atoms with Crippen LogP contribution in [0.2, 0.25) is 0 Å². The first-order chi connectivity index (χ1) is 58.6. The van der Waals surface area contributed by atoms with E-state index in [1.54, 1.807) is 35.5 Å². The van der Waals surface area contributed by atoms with Crippen LogP contribution in [0.15, 0.2) is 223 Å². The standard InChI is InChI=1S/C21H20N2O3.C19H17F3N2O2.C19H20N2O3.C19H19NO2.C18H19N3O2/c1-14-22-18-7-6-15(12-19(18)26-14)20(24)23-10-8-21(9-11-23)17-5-3-2-4-16(17)13-25-21;20-19(21,22)16-6-5-13(11-23-16)17(25)24-9-7-18(8-10-24)15-4-2-1-3-14(15)12-26-18;20-16-6-5-13(11-17(16)22)18(23)21-9-7-19(8-10-21)15-4-2-1-3-14(15)12-24-19;21-18(15-6-2-1-3-7-15)20-12-10-19(11-13-20)17-9-5-4-8-16(17)14-22-19;1-13-10-20-16(11-19-13)17(22)21-8-6-18(7-9-21)15-5-3-2-4-14(15)12-23-18/h2-7,12H,8-11,13H2,1H3;1-6,11H,7-10,12H2;1-6,11,22H,7-10,12,20H2;1-9H,10-14H2;2-5,10-11H,6-9,12H2,1H3. The summed E-state index contributed by atoms with van der Waals surface area (Å²) in [4.78, 5) is 88.4. The van der Waals surface area contributed by atoms with Gasteiger partial charge in [0.2, 0.25) is 0 Å². The Kier molecular flexibility index (Phi) is 22.8. The number of carbonyl (C=O) groups excluding carboxylic acids is 5. The quantitative estimate of drug-likeness (QED) is 0.120. The van der Waals surface area contributed by atoms with Crippen molar-refractivity contribution in [2.45, 2.75) is 145 Å². The summed E-state index contributed by atoms with van der Waals surface area (Å²) in [7, 11) is 0. The van der Waals surface area contributed by atoms with Gasteiger partial charge in [-0.2, -0.15) is 13.2 Å². The van der Waals surface area contributed by atoms with Crippen molar-refractivity contribution in [3.05, 3.63) is 320 Å². The smallest absolute Gasteiger partial charge is 0.433 e. The molecule has 0 radical (unpaired) electrons. The number of nitrogens with two attached hydrogens (primary N) is 1. The molecule has 0 saturated carbocycles. The van der Waals surface area contributed by atoms with E-state index in [0.717, 1.165) is 93.5 Å². The van der Waals surface area contributed by atoms with E-state index in [9.17, 15) is 42.3 Å². The van der Waals surface area contributed by atoms with Crippen molar-refractivity contribution in [3.8, 4) is 5.75 Å². The lowest BCUT2D eigenvalue weighted by Gasteiger charge is -2.39. The van der Waals surface area contributed by atoms with Crippen LogP contribution in [0.1, 0.15) is 189 Å². The summed E-state index contributed by atoms with van der Waals surface area (Å²) in [6.07, 6.45) is 7.68. The second kappa shape index (κ2) is 33.9.